The molecule has 9 heteroatoms. The number of fused-ring (bicyclic) bond motifs is 1. The number of nitrogens with zero attached hydrogens (tertiary/aromatic N) is 1. The normalized spacial score (nSPS) is 21.8. The third-order valence-electron chi connectivity index (χ3n) is 4.57. The van der Waals surface area contributed by atoms with Crippen molar-refractivity contribution in [2.45, 2.75) is 41.9 Å². The molecule has 144 valence electrons. The largest absolute Gasteiger partial charge is 0.456 e. The van der Waals surface area contributed by atoms with E-state index in [9.17, 15) is 19.2 Å². The van der Waals surface area contributed by atoms with Crippen LogP contribution in [0.15, 0.2) is 29.2 Å². The summed E-state index contributed by atoms with van der Waals surface area (Å²) in [7, 11) is 0. The molecule has 0 radical (unpaired) electrons. The fourth-order valence-electron chi connectivity index (χ4n) is 3.19. The van der Waals surface area contributed by atoms with E-state index in [0.717, 1.165) is 23.4 Å². The number of para-hydroxylation sites is 1. The van der Waals surface area contributed by atoms with Crippen LogP contribution in [0.25, 0.3) is 0 Å². The molecule has 1 aromatic carbocycles. The minimum absolute atomic E-state index is 0.142. The lowest BCUT2D eigenvalue weighted by Gasteiger charge is -2.33. The predicted molar refractivity (Wildman–Crippen MR) is 98.8 cm³/mol. The van der Waals surface area contributed by atoms with E-state index >= 15 is 0 Å². The summed E-state index contributed by atoms with van der Waals surface area (Å²) < 4.78 is 5.05. The van der Waals surface area contributed by atoms with Gasteiger partial charge in [0.05, 0.1) is 17.4 Å². The number of carbonyl (C=O) groups excluding carboxylic acids is 4. The number of benzene rings is 1. The summed E-state index contributed by atoms with van der Waals surface area (Å²) in [5.74, 6) is -1.91. The number of ether oxygens (including phenoxy) is 1. The maximum absolute atomic E-state index is 12.3. The number of anilines is 1. The summed E-state index contributed by atoms with van der Waals surface area (Å²) in [4.78, 5) is 50.2. The summed E-state index contributed by atoms with van der Waals surface area (Å²) in [5, 5.41) is 2.14. The summed E-state index contributed by atoms with van der Waals surface area (Å²) in [5.41, 5.74) is 6.06. The molecule has 2 atom stereocenters. The molecule has 8 nitrogen and oxygen atoms in total. The van der Waals surface area contributed by atoms with Gasteiger partial charge in [-0.1, -0.05) is 12.1 Å². The zero-order valence-corrected chi connectivity index (χ0v) is 15.5. The summed E-state index contributed by atoms with van der Waals surface area (Å²) in [6.07, 6.45) is 1.99. The van der Waals surface area contributed by atoms with Crippen molar-refractivity contribution in [1.29, 1.82) is 0 Å². The van der Waals surface area contributed by atoms with Crippen molar-refractivity contribution in [3.8, 4) is 0 Å². The van der Waals surface area contributed by atoms with Crippen LogP contribution < -0.4 is 11.1 Å². The van der Waals surface area contributed by atoms with Gasteiger partial charge in [-0.25, -0.2) is 0 Å². The number of thioether (sulfide) groups is 1. The molecule has 0 aliphatic carbocycles. The Bertz CT molecular complexity index is 769. The topological polar surface area (TPSA) is 119 Å². The van der Waals surface area contributed by atoms with E-state index in [-0.39, 0.29) is 12.3 Å². The van der Waals surface area contributed by atoms with Gasteiger partial charge in [0.1, 0.15) is 6.04 Å². The lowest BCUT2D eigenvalue weighted by molar-refractivity contribution is -0.155. The highest BCUT2D eigenvalue weighted by molar-refractivity contribution is 8.01. The van der Waals surface area contributed by atoms with Gasteiger partial charge in [0, 0.05) is 11.4 Å². The highest BCUT2D eigenvalue weighted by atomic mass is 32.2. The molecule has 0 spiro atoms. The monoisotopic (exact) mass is 391 g/mol. The lowest BCUT2D eigenvalue weighted by atomic mass is 10.0. The standard InChI is InChI=1S/C18H21N3O5S/c19-17(24)12-6-3-4-8-21(12)15(22)10-26-16(23)9-14-18(25)20-11-5-1-2-7-13(11)27-14/h1-2,5,7,12,14H,3-4,6,8-10H2,(H2,19,24)(H,20,25)/t12-,14+/m0/s1. The van der Waals surface area contributed by atoms with Gasteiger partial charge in [-0.3, -0.25) is 19.2 Å². The molecule has 2 aliphatic heterocycles. The van der Waals surface area contributed by atoms with Gasteiger partial charge >= 0.3 is 5.97 Å². The number of likely N-dealkylation sites (tertiary alicyclic amines) is 1. The van der Waals surface area contributed by atoms with Crippen LogP contribution in [0.3, 0.4) is 0 Å². The Hall–Kier alpha value is -2.55. The Kier molecular flexibility index (Phi) is 6.00. The van der Waals surface area contributed by atoms with Crippen molar-refractivity contribution in [3.63, 3.8) is 0 Å². The van der Waals surface area contributed by atoms with Crippen LogP contribution in [0.4, 0.5) is 5.69 Å². The maximum Gasteiger partial charge on any atom is 0.307 e. The van der Waals surface area contributed by atoms with Crippen LogP contribution in [-0.2, 0) is 23.9 Å². The molecular formula is C18H21N3O5S. The van der Waals surface area contributed by atoms with Crippen molar-refractivity contribution in [2.24, 2.45) is 5.73 Å². The molecule has 3 rings (SSSR count). The first-order chi connectivity index (χ1) is 13.0. The lowest BCUT2D eigenvalue weighted by Crippen LogP contribution is -2.51. The predicted octanol–water partition coefficient (Wildman–Crippen LogP) is 0.899. The van der Waals surface area contributed by atoms with Crippen LogP contribution in [0.2, 0.25) is 0 Å². The Balaban J connectivity index is 1.51. The molecule has 2 aliphatic rings. The number of rotatable bonds is 5. The van der Waals surface area contributed by atoms with Crippen molar-refractivity contribution in [3.05, 3.63) is 24.3 Å². The van der Waals surface area contributed by atoms with Crippen molar-refractivity contribution < 1.29 is 23.9 Å². The second kappa shape index (κ2) is 8.43. The molecule has 0 unspecified atom stereocenters. The Morgan fingerprint density at radius 2 is 2.04 bits per heavy atom. The van der Waals surface area contributed by atoms with E-state index in [2.05, 4.69) is 5.32 Å². The second-order valence-electron chi connectivity index (χ2n) is 6.46. The van der Waals surface area contributed by atoms with E-state index in [4.69, 9.17) is 10.5 Å². The number of carbonyl (C=O) groups is 4. The average molecular weight is 391 g/mol. The number of primary amides is 1. The van der Waals surface area contributed by atoms with Gasteiger partial charge < -0.3 is 20.7 Å². The molecule has 1 saturated heterocycles. The van der Waals surface area contributed by atoms with Crippen LogP contribution >= 0.6 is 11.8 Å². The smallest absolute Gasteiger partial charge is 0.307 e. The van der Waals surface area contributed by atoms with E-state index in [0.29, 0.717) is 13.0 Å². The Morgan fingerprint density at radius 3 is 2.81 bits per heavy atom. The van der Waals surface area contributed by atoms with Crippen LogP contribution in [-0.4, -0.2) is 53.0 Å². The molecule has 0 aromatic heterocycles. The van der Waals surface area contributed by atoms with E-state index in [1.54, 1.807) is 6.07 Å². The molecule has 27 heavy (non-hydrogen) atoms. The molecular weight excluding hydrogens is 370 g/mol. The Labute approximate surface area is 160 Å². The second-order valence-corrected chi connectivity index (χ2v) is 7.70. The number of nitrogens with one attached hydrogen (secondary N) is 1. The van der Waals surface area contributed by atoms with Crippen LogP contribution in [0.5, 0.6) is 0 Å². The zero-order valence-electron chi connectivity index (χ0n) is 14.7. The number of hydrogen-bond donors (Lipinski definition) is 2. The molecule has 1 aromatic rings. The van der Waals surface area contributed by atoms with Gasteiger partial charge in [-0.2, -0.15) is 0 Å². The summed E-state index contributed by atoms with van der Waals surface area (Å²) in [6.45, 7) is -0.0418. The van der Waals surface area contributed by atoms with E-state index < -0.39 is 35.7 Å². The van der Waals surface area contributed by atoms with Crippen molar-refractivity contribution >= 4 is 41.1 Å². The van der Waals surface area contributed by atoms with Gasteiger partial charge in [0.2, 0.25) is 11.8 Å². The highest BCUT2D eigenvalue weighted by Crippen LogP contribution is 2.36. The highest BCUT2D eigenvalue weighted by Gasteiger charge is 2.32. The maximum atomic E-state index is 12.3. The number of hydrogen-bond acceptors (Lipinski definition) is 6. The quantitative estimate of drug-likeness (QED) is 0.720. The third-order valence-corrected chi connectivity index (χ3v) is 5.84. The molecule has 3 N–H and O–H groups in total. The first kappa shape index (κ1) is 19.2. The number of esters is 1. The number of nitrogens with two attached hydrogens (primary N) is 1. The van der Waals surface area contributed by atoms with E-state index in [1.807, 2.05) is 18.2 Å². The van der Waals surface area contributed by atoms with E-state index in [1.165, 1.54) is 16.7 Å². The third kappa shape index (κ3) is 4.60. The van der Waals surface area contributed by atoms with Gasteiger partial charge in [0.15, 0.2) is 6.61 Å². The Morgan fingerprint density at radius 1 is 1.26 bits per heavy atom. The van der Waals surface area contributed by atoms with Gasteiger partial charge in [-0.05, 0) is 31.4 Å². The number of amides is 3. The minimum Gasteiger partial charge on any atom is -0.456 e. The molecule has 0 saturated carbocycles. The molecule has 3 amide bonds. The molecule has 0 bridgehead atoms. The number of piperidine rings is 1. The van der Waals surface area contributed by atoms with Crippen LogP contribution in [0, 0.1) is 0 Å². The van der Waals surface area contributed by atoms with Crippen molar-refractivity contribution in [1.82, 2.24) is 4.90 Å². The summed E-state index contributed by atoms with van der Waals surface area (Å²) in [6, 6.07) is 6.68. The van der Waals surface area contributed by atoms with Gasteiger partial charge in [0.25, 0.3) is 5.91 Å². The SMILES string of the molecule is NC(=O)[C@@H]1CCCCN1C(=O)COC(=O)C[C@H]1Sc2ccccc2NC1=O. The average Bonchev–Trinajstić information content (AvgIpc) is 2.66. The van der Waals surface area contributed by atoms with Crippen molar-refractivity contribution in [2.75, 3.05) is 18.5 Å². The molecule has 1 fully saturated rings. The van der Waals surface area contributed by atoms with Crippen LogP contribution in [0.1, 0.15) is 25.7 Å². The fourth-order valence-corrected chi connectivity index (χ4v) is 4.28. The summed E-state index contributed by atoms with van der Waals surface area (Å²) >= 11 is 1.29. The zero-order chi connectivity index (χ0) is 19.4. The fraction of sp³-hybridized carbons (Fsp3) is 0.444. The minimum atomic E-state index is -0.652. The van der Waals surface area contributed by atoms with Gasteiger partial charge in [-0.15, -0.1) is 11.8 Å². The first-order valence-electron chi connectivity index (χ1n) is 8.76. The first-order valence-corrected chi connectivity index (χ1v) is 9.64. The molecule has 2 heterocycles.